The van der Waals surface area contributed by atoms with Crippen molar-refractivity contribution in [2.24, 2.45) is 0 Å². The summed E-state index contributed by atoms with van der Waals surface area (Å²) < 4.78 is 5.43. The maximum Gasteiger partial charge on any atom is 0.193 e. The van der Waals surface area contributed by atoms with Crippen LogP contribution in [0.4, 0.5) is 0 Å². The Hall–Kier alpha value is -0.510. The second kappa shape index (κ2) is 3.93. The second-order valence-corrected chi connectivity index (χ2v) is 4.20. The molecule has 0 radical (unpaired) electrons. The fourth-order valence-electron chi connectivity index (χ4n) is 1.83. The summed E-state index contributed by atoms with van der Waals surface area (Å²) in [7, 11) is 2.12. The quantitative estimate of drug-likeness (QED) is 0.774. The van der Waals surface area contributed by atoms with Crippen molar-refractivity contribution < 1.29 is 4.42 Å². The summed E-state index contributed by atoms with van der Waals surface area (Å²) in [6, 6.07) is 4.57. The van der Waals surface area contributed by atoms with Crippen LogP contribution in [0, 0.1) is 0 Å². The molecular weight excluding hydrogens is 200 g/mol. The summed E-state index contributed by atoms with van der Waals surface area (Å²) in [6.07, 6.45) is 0. The predicted molar refractivity (Wildman–Crippen MR) is 56.6 cm³/mol. The standard InChI is InChI=1S/C10H15ClN2O/c1-7-5-12-6-8(13(7)2)9-3-4-10(11)14-9/h3-4,7-8,12H,5-6H2,1-2H3. The van der Waals surface area contributed by atoms with Crippen molar-refractivity contribution in [3.05, 3.63) is 23.1 Å². The number of furan rings is 1. The summed E-state index contributed by atoms with van der Waals surface area (Å²) in [5.41, 5.74) is 0. The Bertz CT molecular complexity index is 313. The SMILES string of the molecule is CC1CNCC(c2ccc(Cl)o2)N1C. The van der Waals surface area contributed by atoms with Crippen LogP contribution in [0.1, 0.15) is 18.7 Å². The van der Waals surface area contributed by atoms with Crippen LogP contribution in [0.5, 0.6) is 0 Å². The number of nitrogens with one attached hydrogen (secondary N) is 1. The van der Waals surface area contributed by atoms with Crippen LogP contribution in [0.3, 0.4) is 0 Å². The zero-order valence-electron chi connectivity index (χ0n) is 8.46. The lowest BCUT2D eigenvalue weighted by Crippen LogP contribution is -2.49. The van der Waals surface area contributed by atoms with Gasteiger partial charge in [0.2, 0.25) is 0 Å². The van der Waals surface area contributed by atoms with Gasteiger partial charge >= 0.3 is 0 Å². The Morgan fingerprint density at radius 3 is 2.93 bits per heavy atom. The molecule has 2 rings (SSSR count). The van der Waals surface area contributed by atoms with Gasteiger partial charge < -0.3 is 9.73 Å². The van der Waals surface area contributed by atoms with Gasteiger partial charge in [0, 0.05) is 19.1 Å². The Morgan fingerprint density at radius 1 is 1.50 bits per heavy atom. The normalized spacial score (nSPS) is 29.4. The Labute approximate surface area is 89.0 Å². The molecule has 0 bridgehead atoms. The van der Waals surface area contributed by atoms with Crippen molar-refractivity contribution >= 4 is 11.6 Å². The largest absolute Gasteiger partial charge is 0.448 e. The third-order valence-corrected chi connectivity index (χ3v) is 3.09. The van der Waals surface area contributed by atoms with E-state index >= 15 is 0 Å². The van der Waals surface area contributed by atoms with Crippen LogP contribution in [0.25, 0.3) is 0 Å². The molecule has 14 heavy (non-hydrogen) atoms. The molecule has 4 heteroatoms. The van der Waals surface area contributed by atoms with Gasteiger partial charge in [0.05, 0.1) is 6.04 Å². The first kappa shape index (κ1) is 10.0. The van der Waals surface area contributed by atoms with Crippen LogP contribution in [-0.4, -0.2) is 31.1 Å². The number of hydrogen-bond acceptors (Lipinski definition) is 3. The third kappa shape index (κ3) is 1.80. The van der Waals surface area contributed by atoms with E-state index in [-0.39, 0.29) is 0 Å². The molecule has 78 valence electrons. The van der Waals surface area contributed by atoms with Crippen molar-refractivity contribution in [3.63, 3.8) is 0 Å². The molecule has 0 aliphatic carbocycles. The average molecular weight is 215 g/mol. The summed E-state index contributed by atoms with van der Waals surface area (Å²) in [5, 5.41) is 3.84. The van der Waals surface area contributed by atoms with E-state index in [0.717, 1.165) is 18.8 Å². The van der Waals surface area contributed by atoms with Crippen LogP contribution in [0.15, 0.2) is 16.5 Å². The van der Waals surface area contributed by atoms with Gasteiger partial charge in [0.25, 0.3) is 0 Å². The highest BCUT2D eigenvalue weighted by atomic mass is 35.5. The maximum absolute atomic E-state index is 5.76. The fourth-order valence-corrected chi connectivity index (χ4v) is 1.98. The summed E-state index contributed by atoms with van der Waals surface area (Å²) in [5.74, 6) is 0.941. The molecule has 1 N–H and O–H groups in total. The molecule has 1 aliphatic heterocycles. The zero-order valence-corrected chi connectivity index (χ0v) is 9.21. The Morgan fingerprint density at radius 2 is 2.29 bits per heavy atom. The monoisotopic (exact) mass is 214 g/mol. The highest BCUT2D eigenvalue weighted by molar-refractivity contribution is 6.28. The van der Waals surface area contributed by atoms with Crippen molar-refractivity contribution in [1.82, 2.24) is 10.2 Å². The molecule has 0 saturated carbocycles. The molecular formula is C10H15ClN2O. The van der Waals surface area contributed by atoms with Gasteiger partial charge in [-0.1, -0.05) is 0 Å². The molecule has 2 atom stereocenters. The number of rotatable bonds is 1. The minimum atomic E-state index is 0.297. The topological polar surface area (TPSA) is 28.4 Å². The minimum absolute atomic E-state index is 0.297. The number of halogens is 1. The van der Waals surface area contributed by atoms with E-state index in [9.17, 15) is 0 Å². The number of nitrogens with zero attached hydrogens (tertiary/aromatic N) is 1. The van der Waals surface area contributed by atoms with Crippen LogP contribution in [0.2, 0.25) is 5.22 Å². The van der Waals surface area contributed by atoms with E-state index in [1.54, 1.807) is 6.07 Å². The van der Waals surface area contributed by atoms with E-state index in [1.165, 1.54) is 0 Å². The molecule has 1 aliphatic rings. The number of hydrogen-bond donors (Lipinski definition) is 1. The predicted octanol–water partition coefficient (Wildman–Crippen LogP) is 1.90. The summed E-state index contributed by atoms with van der Waals surface area (Å²) >= 11 is 5.76. The molecule has 1 saturated heterocycles. The van der Waals surface area contributed by atoms with Crippen molar-refractivity contribution in [2.75, 3.05) is 20.1 Å². The van der Waals surface area contributed by atoms with E-state index in [4.69, 9.17) is 16.0 Å². The number of piperazine rings is 1. The van der Waals surface area contributed by atoms with Crippen molar-refractivity contribution in [3.8, 4) is 0 Å². The van der Waals surface area contributed by atoms with E-state index in [0.29, 0.717) is 17.3 Å². The second-order valence-electron chi connectivity index (χ2n) is 3.83. The molecule has 2 unspecified atom stereocenters. The minimum Gasteiger partial charge on any atom is -0.448 e. The molecule has 2 heterocycles. The smallest absolute Gasteiger partial charge is 0.193 e. The lowest BCUT2D eigenvalue weighted by atomic mass is 10.1. The van der Waals surface area contributed by atoms with E-state index < -0.39 is 0 Å². The molecule has 0 aromatic carbocycles. The molecule has 0 spiro atoms. The van der Waals surface area contributed by atoms with Gasteiger partial charge in [-0.3, -0.25) is 4.90 Å². The lowest BCUT2D eigenvalue weighted by molar-refractivity contribution is 0.124. The lowest BCUT2D eigenvalue weighted by Gasteiger charge is -2.37. The number of likely N-dealkylation sites (N-methyl/N-ethyl adjacent to an activating group) is 1. The Balaban J connectivity index is 2.17. The fraction of sp³-hybridized carbons (Fsp3) is 0.600. The first-order valence-corrected chi connectivity index (χ1v) is 5.24. The van der Waals surface area contributed by atoms with Crippen LogP contribution in [-0.2, 0) is 0 Å². The molecule has 1 aromatic rings. The average Bonchev–Trinajstić information content (AvgIpc) is 2.57. The van der Waals surface area contributed by atoms with Crippen molar-refractivity contribution in [2.45, 2.75) is 19.0 Å². The van der Waals surface area contributed by atoms with Gasteiger partial charge in [0.15, 0.2) is 5.22 Å². The first-order valence-electron chi connectivity index (χ1n) is 4.86. The van der Waals surface area contributed by atoms with E-state index in [1.807, 2.05) is 6.07 Å². The van der Waals surface area contributed by atoms with Gasteiger partial charge in [-0.2, -0.15) is 0 Å². The molecule has 1 fully saturated rings. The zero-order chi connectivity index (χ0) is 10.1. The third-order valence-electron chi connectivity index (χ3n) is 2.89. The van der Waals surface area contributed by atoms with Gasteiger partial charge in [-0.05, 0) is 37.7 Å². The summed E-state index contributed by atoms with van der Waals surface area (Å²) in [4.78, 5) is 2.31. The Kier molecular flexibility index (Phi) is 2.81. The van der Waals surface area contributed by atoms with Crippen LogP contribution < -0.4 is 5.32 Å². The first-order chi connectivity index (χ1) is 6.68. The van der Waals surface area contributed by atoms with Crippen LogP contribution >= 0.6 is 11.6 Å². The van der Waals surface area contributed by atoms with Gasteiger partial charge in [0.1, 0.15) is 5.76 Å². The molecule has 0 amide bonds. The maximum atomic E-state index is 5.76. The van der Waals surface area contributed by atoms with Gasteiger partial charge in [-0.15, -0.1) is 0 Å². The summed E-state index contributed by atoms with van der Waals surface area (Å²) in [6.45, 7) is 4.15. The van der Waals surface area contributed by atoms with E-state index in [2.05, 4.69) is 24.2 Å². The molecule has 1 aromatic heterocycles. The molecule has 3 nitrogen and oxygen atoms in total. The van der Waals surface area contributed by atoms with Crippen molar-refractivity contribution in [1.29, 1.82) is 0 Å². The highest BCUT2D eigenvalue weighted by Crippen LogP contribution is 2.26. The van der Waals surface area contributed by atoms with Gasteiger partial charge in [-0.25, -0.2) is 0 Å². The highest BCUT2D eigenvalue weighted by Gasteiger charge is 2.27.